The Morgan fingerprint density at radius 1 is 0.976 bits per heavy atom. The minimum Gasteiger partial charge on any atom is -0.481 e. The topological polar surface area (TPSA) is 268 Å². The molecule has 15 heteroatoms. The zero-order valence-corrected chi connectivity index (χ0v) is 23.6. The third kappa shape index (κ3) is 10.1. The summed E-state index contributed by atoms with van der Waals surface area (Å²) in [5.41, 5.74) is 17.9. The standard InChI is InChI=1S/C27H40N8O7/c1-3-14(2)22(35-23(38)17(28)12-21(36)37)25(40)33-19(9-6-10-31-27(29)30)24(39)34-20(26(41)42)11-15-13-32-18-8-5-4-7-16(15)18/h4-5,7-8,13-14,17,19-20,22,32H,3,6,9-12,28H2,1-2H3,(H,33,40)(H,34,39)(H,35,38)(H,36,37)(H,41,42)(H4,29,30,31). The van der Waals surface area contributed by atoms with Gasteiger partial charge in [0.15, 0.2) is 5.96 Å². The predicted molar refractivity (Wildman–Crippen MR) is 155 cm³/mol. The molecule has 12 N–H and O–H groups in total. The lowest BCUT2D eigenvalue weighted by molar-refractivity contribution is -0.142. The number of nitrogens with one attached hydrogen (secondary N) is 4. The third-order valence-electron chi connectivity index (χ3n) is 6.82. The van der Waals surface area contributed by atoms with E-state index in [-0.39, 0.29) is 31.8 Å². The van der Waals surface area contributed by atoms with Gasteiger partial charge in [0.05, 0.1) is 12.5 Å². The Labute approximate surface area is 242 Å². The van der Waals surface area contributed by atoms with E-state index in [4.69, 9.17) is 22.3 Å². The number of carbonyl (C=O) groups is 5. The van der Waals surface area contributed by atoms with Gasteiger partial charge in [-0.2, -0.15) is 0 Å². The van der Waals surface area contributed by atoms with Crippen LogP contribution in [0.2, 0.25) is 0 Å². The number of aliphatic imine (C=N–C) groups is 1. The number of hydrogen-bond donors (Lipinski definition) is 9. The SMILES string of the molecule is CCC(C)C(NC(=O)C(N)CC(=O)O)C(=O)NC(CCCN=C(N)N)C(=O)NC(Cc1c[nH]c2ccccc12)C(=O)O. The number of rotatable bonds is 17. The summed E-state index contributed by atoms with van der Waals surface area (Å²) >= 11 is 0. The Kier molecular flexibility index (Phi) is 12.7. The summed E-state index contributed by atoms with van der Waals surface area (Å²) in [6.07, 6.45) is 1.79. The van der Waals surface area contributed by atoms with Gasteiger partial charge in [-0.25, -0.2) is 4.79 Å². The molecule has 0 saturated heterocycles. The fourth-order valence-electron chi connectivity index (χ4n) is 4.27. The first kappa shape index (κ1) is 33.5. The number of carbonyl (C=O) groups excluding carboxylic acids is 3. The highest BCUT2D eigenvalue weighted by Gasteiger charge is 2.33. The van der Waals surface area contributed by atoms with Crippen LogP contribution >= 0.6 is 0 Å². The Balaban J connectivity index is 2.24. The number of amides is 3. The van der Waals surface area contributed by atoms with Crippen LogP contribution in [0.25, 0.3) is 10.9 Å². The third-order valence-corrected chi connectivity index (χ3v) is 6.82. The van der Waals surface area contributed by atoms with Crippen LogP contribution in [0.5, 0.6) is 0 Å². The molecule has 5 unspecified atom stereocenters. The molecule has 0 aliphatic heterocycles. The minimum atomic E-state index is -1.39. The number of H-pyrrole nitrogens is 1. The van der Waals surface area contributed by atoms with E-state index in [1.165, 1.54) is 0 Å². The van der Waals surface area contributed by atoms with E-state index in [9.17, 15) is 29.1 Å². The summed E-state index contributed by atoms with van der Waals surface area (Å²) in [6.45, 7) is 3.63. The summed E-state index contributed by atoms with van der Waals surface area (Å²) in [7, 11) is 0. The molecule has 0 radical (unpaired) electrons. The second kappa shape index (κ2) is 16.0. The lowest BCUT2D eigenvalue weighted by Crippen LogP contribution is -2.58. The number of nitrogens with zero attached hydrogens (tertiary/aromatic N) is 1. The van der Waals surface area contributed by atoms with Crippen LogP contribution in [0, 0.1) is 5.92 Å². The molecule has 0 saturated carbocycles. The van der Waals surface area contributed by atoms with E-state index in [0.717, 1.165) is 10.9 Å². The van der Waals surface area contributed by atoms with Crippen molar-refractivity contribution in [3.8, 4) is 0 Å². The molecule has 2 aromatic rings. The van der Waals surface area contributed by atoms with Crippen LogP contribution in [-0.4, -0.2) is 81.5 Å². The number of para-hydroxylation sites is 1. The normalized spacial score (nSPS) is 14.5. The number of aliphatic carboxylic acids is 2. The van der Waals surface area contributed by atoms with E-state index in [1.807, 2.05) is 24.3 Å². The monoisotopic (exact) mass is 588 g/mol. The quantitative estimate of drug-likeness (QED) is 0.0627. The van der Waals surface area contributed by atoms with E-state index in [1.54, 1.807) is 20.0 Å². The highest BCUT2D eigenvalue weighted by molar-refractivity contribution is 5.95. The van der Waals surface area contributed by atoms with Crippen molar-refractivity contribution in [3.63, 3.8) is 0 Å². The van der Waals surface area contributed by atoms with Crippen molar-refractivity contribution in [2.24, 2.45) is 28.1 Å². The van der Waals surface area contributed by atoms with Gasteiger partial charge in [-0.05, 0) is 30.4 Å². The van der Waals surface area contributed by atoms with Crippen LogP contribution < -0.4 is 33.2 Å². The molecular formula is C27H40N8O7. The molecule has 1 heterocycles. The van der Waals surface area contributed by atoms with Gasteiger partial charge >= 0.3 is 11.9 Å². The van der Waals surface area contributed by atoms with Crippen LogP contribution in [0.4, 0.5) is 0 Å². The Morgan fingerprint density at radius 3 is 2.26 bits per heavy atom. The smallest absolute Gasteiger partial charge is 0.326 e. The maximum Gasteiger partial charge on any atom is 0.326 e. The summed E-state index contributed by atoms with van der Waals surface area (Å²) in [6, 6.07) is 2.29. The number of hydrogen-bond acceptors (Lipinski definition) is 7. The van der Waals surface area contributed by atoms with Crippen molar-refractivity contribution < 1.29 is 34.2 Å². The molecule has 230 valence electrons. The molecule has 3 amide bonds. The van der Waals surface area contributed by atoms with Crippen LogP contribution in [-0.2, 0) is 30.4 Å². The molecule has 2 rings (SSSR count). The molecule has 0 spiro atoms. The first-order valence-electron chi connectivity index (χ1n) is 13.6. The van der Waals surface area contributed by atoms with Crippen molar-refractivity contribution in [1.29, 1.82) is 0 Å². The van der Waals surface area contributed by atoms with Crippen LogP contribution in [0.1, 0.15) is 45.1 Å². The minimum absolute atomic E-state index is 0.0211. The largest absolute Gasteiger partial charge is 0.481 e. The Morgan fingerprint density at radius 2 is 1.64 bits per heavy atom. The number of guanidine groups is 1. The summed E-state index contributed by atoms with van der Waals surface area (Å²) in [5.74, 6) is -5.41. The molecule has 1 aromatic carbocycles. The summed E-state index contributed by atoms with van der Waals surface area (Å²) in [4.78, 5) is 69.3. The van der Waals surface area contributed by atoms with Gasteiger partial charge in [-0.15, -0.1) is 0 Å². The first-order chi connectivity index (χ1) is 19.8. The highest BCUT2D eigenvalue weighted by atomic mass is 16.4. The molecule has 0 fully saturated rings. The van der Waals surface area contributed by atoms with Gasteiger partial charge in [0.25, 0.3) is 0 Å². The molecule has 0 bridgehead atoms. The van der Waals surface area contributed by atoms with Crippen molar-refractivity contribution in [2.75, 3.05) is 6.54 Å². The van der Waals surface area contributed by atoms with Crippen LogP contribution in [0.3, 0.4) is 0 Å². The molecule has 0 aliphatic rings. The highest BCUT2D eigenvalue weighted by Crippen LogP contribution is 2.19. The number of fused-ring (bicyclic) bond motifs is 1. The Bertz CT molecular complexity index is 1290. The molecule has 5 atom stereocenters. The molecule has 42 heavy (non-hydrogen) atoms. The number of carboxylic acid groups (broad SMARTS) is 2. The van der Waals surface area contributed by atoms with Crippen LogP contribution in [0.15, 0.2) is 35.5 Å². The number of carboxylic acids is 2. The van der Waals surface area contributed by atoms with Gasteiger partial charge in [0, 0.05) is 30.1 Å². The van der Waals surface area contributed by atoms with E-state index in [2.05, 4.69) is 25.9 Å². The molecular weight excluding hydrogens is 548 g/mol. The number of aromatic amines is 1. The maximum absolute atomic E-state index is 13.4. The van der Waals surface area contributed by atoms with Gasteiger partial charge in [0.2, 0.25) is 17.7 Å². The fraction of sp³-hybridized carbons (Fsp3) is 0.481. The zero-order chi connectivity index (χ0) is 31.4. The number of benzene rings is 1. The molecule has 15 nitrogen and oxygen atoms in total. The lowest BCUT2D eigenvalue weighted by atomic mass is 9.97. The number of nitrogens with two attached hydrogens (primary N) is 3. The predicted octanol–water partition coefficient (Wildman–Crippen LogP) is -0.849. The lowest BCUT2D eigenvalue weighted by Gasteiger charge is -2.28. The van der Waals surface area contributed by atoms with Gasteiger partial charge in [-0.1, -0.05) is 38.5 Å². The second-order valence-electron chi connectivity index (χ2n) is 10.0. The Hall–Kier alpha value is -4.66. The van der Waals surface area contributed by atoms with E-state index >= 15 is 0 Å². The molecule has 0 aliphatic carbocycles. The number of aromatic nitrogens is 1. The average Bonchev–Trinajstić information content (AvgIpc) is 3.34. The molecule has 1 aromatic heterocycles. The van der Waals surface area contributed by atoms with Gasteiger partial charge in [0.1, 0.15) is 18.1 Å². The van der Waals surface area contributed by atoms with Crippen molar-refractivity contribution >= 4 is 46.5 Å². The van der Waals surface area contributed by atoms with Crippen molar-refractivity contribution in [2.45, 2.75) is 70.1 Å². The van der Waals surface area contributed by atoms with Gasteiger partial charge in [-0.3, -0.25) is 24.2 Å². The fourth-order valence-corrected chi connectivity index (χ4v) is 4.27. The summed E-state index contributed by atoms with van der Waals surface area (Å²) in [5, 5.41) is 27.2. The van der Waals surface area contributed by atoms with E-state index < -0.39 is 66.2 Å². The zero-order valence-electron chi connectivity index (χ0n) is 23.6. The first-order valence-corrected chi connectivity index (χ1v) is 13.6. The van der Waals surface area contributed by atoms with Gasteiger partial charge < -0.3 is 48.3 Å². The second-order valence-corrected chi connectivity index (χ2v) is 10.0. The van der Waals surface area contributed by atoms with Crippen molar-refractivity contribution in [3.05, 3.63) is 36.0 Å². The average molecular weight is 589 g/mol. The maximum atomic E-state index is 13.4. The van der Waals surface area contributed by atoms with Crippen molar-refractivity contribution in [1.82, 2.24) is 20.9 Å². The summed E-state index contributed by atoms with van der Waals surface area (Å²) < 4.78 is 0. The van der Waals surface area contributed by atoms with E-state index in [0.29, 0.717) is 12.0 Å².